The Morgan fingerprint density at radius 3 is 2.68 bits per heavy atom. The largest absolute Gasteiger partial charge is 0.387 e. The lowest BCUT2D eigenvalue weighted by Gasteiger charge is -2.33. The molecule has 1 aliphatic heterocycles. The van der Waals surface area contributed by atoms with Gasteiger partial charge in [-0.25, -0.2) is 4.79 Å². The number of rotatable bonds is 1. The maximum Gasteiger partial charge on any atom is 0.330 e. The first-order chi connectivity index (χ1) is 8.71. The quantitative estimate of drug-likeness (QED) is 0.448. The lowest BCUT2D eigenvalue weighted by molar-refractivity contribution is -0.0611. The molecule has 1 unspecified atom stereocenters. The molecular formula is C11H15N3O5. The van der Waals surface area contributed by atoms with E-state index in [4.69, 9.17) is 10.5 Å². The second-order valence-electron chi connectivity index (χ2n) is 5.44. The summed E-state index contributed by atoms with van der Waals surface area (Å²) in [6, 6.07) is 0. The first-order valence-electron chi connectivity index (χ1n) is 5.88. The van der Waals surface area contributed by atoms with Gasteiger partial charge in [-0.15, -0.1) is 0 Å². The Hall–Kier alpha value is -1.48. The second-order valence-corrected chi connectivity index (χ2v) is 5.44. The van der Waals surface area contributed by atoms with E-state index in [1.807, 2.05) is 0 Å². The molecule has 1 aromatic heterocycles. The van der Waals surface area contributed by atoms with Gasteiger partial charge in [0.2, 0.25) is 0 Å². The summed E-state index contributed by atoms with van der Waals surface area (Å²) in [7, 11) is 0. The maximum atomic E-state index is 11.8. The lowest BCUT2D eigenvalue weighted by atomic mass is 9.92. The monoisotopic (exact) mass is 269 g/mol. The van der Waals surface area contributed by atoms with E-state index in [9.17, 15) is 19.8 Å². The molecule has 2 heterocycles. The van der Waals surface area contributed by atoms with Gasteiger partial charge in [-0.1, -0.05) is 0 Å². The smallest absolute Gasteiger partial charge is 0.330 e. The van der Waals surface area contributed by atoms with Crippen LogP contribution >= 0.6 is 0 Å². The normalized spacial score (nSPS) is 44.2. The van der Waals surface area contributed by atoms with E-state index in [1.165, 1.54) is 13.1 Å². The third-order valence-electron chi connectivity index (χ3n) is 4.11. The number of hydrogen-bond acceptors (Lipinski definition) is 6. The van der Waals surface area contributed by atoms with Crippen molar-refractivity contribution in [3.8, 4) is 0 Å². The van der Waals surface area contributed by atoms with Crippen LogP contribution < -0.4 is 17.0 Å². The van der Waals surface area contributed by atoms with Crippen LogP contribution in [0.4, 0.5) is 0 Å². The molecular weight excluding hydrogens is 254 g/mol. The number of H-pyrrole nitrogens is 1. The molecule has 0 aromatic carbocycles. The van der Waals surface area contributed by atoms with E-state index in [2.05, 4.69) is 4.98 Å². The number of fused-ring (bicyclic) bond motifs is 1. The highest BCUT2D eigenvalue weighted by atomic mass is 16.6. The number of aliphatic hydroxyl groups is 2. The number of ether oxygens (including phenoxy) is 1. The van der Waals surface area contributed by atoms with Gasteiger partial charge in [-0.3, -0.25) is 14.3 Å². The number of nitrogens with zero attached hydrogens (tertiary/aromatic N) is 1. The fourth-order valence-electron chi connectivity index (χ4n) is 2.72. The van der Waals surface area contributed by atoms with Gasteiger partial charge in [0.05, 0.1) is 5.54 Å². The number of nitrogens with two attached hydrogens (primary N) is 1. The van der Waals surface area contributed by atoms with Crippen LogP contribution in [0.1, 0.15) is 18.7 Å². The SMILES string of the molecule is Cc1cn([C@@H]2O[C@@H]3C(O)[C@]3(O)[C@@]2(C)N)c(=O)[nH]c1=O. The summed E-state index contributed by atoms with van der Waals surface area (Å²) in [6.07, 6.45) is -1.49. The number of aromatic nitrogens is 2. The van der Waals surface area contributed by atoms with Gasteiger partial charge in [0.25, 0.3) is 5.56 Å². The Labute approximate surface area is 107 Å². The number of nitrogens with one attached hydrogen (secondary N) is 1. The van der Waals surface area contributed by atoms with Gasteiger partial charge in [-0.05, 0) is 13.8 Å². The minimum absolute atomic E-state index is 0.326. The first kappa shape index (κ1) is 12.5. The molecule has 19 heavy (non-hydrogen) atoms. The first-order valence-corrected chi connectivity index (χ1v) is 5.88. The topological polar surface area (TPSA) is 131 Å². The Bertz CT molecular complexity index is 663. The van der Waals surface area contributed by atoms with Crippen molar-refractivity contribution in [1.82, 2.24) is 9.55 Å². The summed E-state index contributed by atoms with van der Waals surface area (Å²) in [6.45, 7) is 3.04. The van der Waals surface area contributed by atoms with Crippen molar-refractivity contribution >= 4 is 0 Å². The number of aliphatic hydroxyl groups excluding tert-OH is 1. The fourth-order valence-corrected chi connectivity index (χ4v) is 2.72. The highest BCUT2D eigenvalue weighted by Crippen LogP contribution is 2.57. The highest BCUT2D eigenvalue weighted by molar-refractivity contribution is 5.31. The zero-order valence-electron chi connectivity index (χ0n) is 10.5. The summed E-state index contributed by atoms with van der Waals surface area (Å²) >= 11 is 0. The summed E-state index contributed by atoms with van der Waals surface area (Å²) < 4.78 is 6.58. The minimum atomic E-state index is -1.57. The third-order valence-corrected chi connectivity index (χ3v) is 4.11. The van der Waals surface area contributed by atoms with Gasteiger partial charge in [0.15, 0.2) is 6.23 Å². The van der Waals surface area contributed by atoms with E-state index in [0.717, 1.165) is 4.57 Å². The molecule has 0 spiro atoms. The lowest BCUT2D eigenvalue weighted by Crippen LogP contribution is -2.57. The number of aryl methyl sites for hydroxylation is 1. The Kier molecular flexibility index (Phi) is 2.21. The predicted molar refractivity (Wildman–Crippen MR) is 63.5 cm³/mol. The van der Waals surface area contributed by atoms with Crippen molar-refractivity contribution < 1.29 is 14.9 Å². The van der Waals surface area contributed by atoms with Crippen molar-refractivity contribution in [1.29, 1.82) is 0 Å². The summed E-state index contributed by atoms with van der Waals surface area (Å²) in [5.41, 5.74) is 2.30. The summed E-state index contributed by atoms with van der Waals surface area (Å²) in [5, 5.41) is 19.8. The fraction of sp³-hybridized carbons (Fsp3) is 0.636. The Balaban J connectivity index is 2.09. The molecule has 8 nitrogen and oxygen atoms in total. The van der Waals surface area contributed by atoms with Crippen LogP contribution in [0.2, 0.25) is 0 Å². The molecule has 104 valence electrons. The van der Waals surface area contributed by atoms with Crippen molar-refractivity contribution in [2.24, 2.45) is 5.73 Å². The molecule has 0 amide bonds. The van der Waals surface area contributed by atoms with Crippen molar-refractivity contribution in [3.05, 3.63) is 32.6 Å². The van der Waals surface area contributed by atoms with Crippen LogP contribution in [0.3, 0.4) is 0 Å². The average molecular weight is 269 g/mol. The van der Waals surface area contributed by atoms with Crippen LogP contribution in [0.25, 0.3) is 0 Å². The van der Waals surface area contributed by atoms with E-state index >= 15 is 0 Å². The van der Waals surface area contributed by atoms with Gasteiger partial charge in [0.1, 0.15) is 17.8 Å². The molecule has 1 saturated heterocycles. The van der Waals surface area contributed by atoms with Crippen LogP contribution in [0, 0.1) is 6.92 Å². The second kappa shape index (κ2) is 3.34. The highest BCUT2D eigenvalue weighted by Gasteiger charge is 2.81. The van der Waals surface area contributed by atoms with Crippen molar-refractivity contribution in [3.63, 3.8) is 0 Å². The molecule has 5 atom stereocenters. The standard InChI is InChI=1S/C11H15N3O5/c1-4-3-14(9(17)13-7(4)16)8-10(2,12)11(18)5(15)6(11)19-8/h3,5-6,8,15,18H,12H2,1-2H3,(H,13,16,17)/t5?,6-,8-,10+,11-/m1/s1. The molecule has 0 radical (unpaired) electrons. The number of hydrogen-bond donors (Lipinski definition) is 4. The molecule has 0 bridgehead atoms. The van der Waals surface area contributed by atoms with Crippen LogP contribution in [0.15, 0.2) is 15.8 Å². The zero-order valence-corrected chi connectivity index (χ0v) is 10.5. The maximum absolute atomic E-state index is 11.8. The molecule has 5 N–H and O–H groups in total. The molecule has 1 saturated carbocycles. The van der Waals surface area contributed by atoms with Crippen LogP contribution in [-0.2, 0) is 4.74 Å². The van der Waals surface area contributed by atoms with Gasteiger partial charge >= 0.3 is 5.69 Å². The molecule has 8 heteroatoms. The molecule has 1 aliphatic carbocycles. The van der Waals surface area contributed by atoms with Gasteiger partial charge < -0.3 is 20.7 Å². The van der Waals surface area contributed by atoms with E-state index in [-0.39, 0.29) is 0 Å². The van der Waals surface area contributed by atoms with Crippen molar-refractivity contribution in [2.45, 2.75) is 43.4 Å². The summed E-state index contributed by atoms with van der Waals surface area (Å²) in [5.74, 6) is 0. The molecule has 2 aliphatic rings. The molecule has 1 aromatic rings. The number of aromatic amines is 1. The molecule has 3 rings (SSSR count). The molecule has 2 fully saturated rings. The average Bonchev–Trinajstić information content (AvgIpc) is 2.76. The van der Waals surface area contributed by atoms with Crippen molar-refractivity contribution in [2.75, 3.05) is 0 Å². The minimum Gasteiger partial charge on any atom is -0.387 e. The zero-order chi connectivity index (χ0) is 14.2. The van der Waals surface area contributed by atoms with Gasteiger partial charge in [-0.2, -0.15) is 0 Å². The Morgan fingerprint density at radius 2 is 2.16 bits per heavy atom. The summed E-state index contributed by atoms with van der Waals surface area (Å²) in [4.78, 5) is 25.3. The van der Waals surface area contributed by atoms with E-state index in [1.54, 1.807) is 6.92 Å². The Morgan fingerprint density at radius 1 is 1.53 bits per heavy atom. The van der Waals surface area contributed by atoms with Crippen LogP contribution in [-0.4, -0.2) is 43.1 Å². The predicted octanol–water partition coefficient (Wildman–Crippen LogP) is -2.43. The van der Waals surface area contributed by atoms with E-state index in [0.29, 0.717) is 5.56 Å². The third kappa shape index (κ3) is 1.31. The van der Waals surface area contributed by atoms with Gasteiger partial charge in [0, 0.05) is 11.8 Å². The van der Waals surface area contributed by atoms with E-state index < -0.39 is 40.8 Å². The van der Waals surface area contributed by atoms with Crippen LogP contribution in [0.5, 0.6) is 0 Å².